The summed E-state index contributed by atoms with van der Waals surface area (Å²) in [5.74, 6) is -0.618. The number of esters is 1. The van der Waals surface area contributed by atoms with Gasteiger partial charge in [-0.05, 0) is 27.7 Å². The molecule has 1 rings (SSSR count). The highest BCUT2D eigenvalue weighted by molar-refractivity contribution is 5.92. The molecule has 0 radical (unpaired) electrons. The molecule has 1 aromatic heterocycles. The van der Waals surface area contributed by atoms with Crippen molar-refractivity contribution in [3.8, 4) is 0 Å². The summed E-state index contributed by atoms with van der Waals surface area (Å²) in [6.45, 7) is 6.96. The Labute approximate surface area is 82.2 Å². The molecule has 0 saturated carbocycles. The number of carbonyl (C=O) groups is 1. The van der Waals surface area contributed by atoms with Crippen LogP contribution in [0.25, 0.3) is 0 Å². The number of nitrogens with zero attached hydrogens (tertiary/aromatic N) is 1. The van der Waals surface area contributed by atoms with Gasteiger partial charge in [0.1, 0.15) is 17.0 Å². The quantitative estimate of drug-likeness (QED) is 0.692. The molecule has 1 heterocycles. The van der Waals surface area contributed by atoms with Crippen LogP contribution in [0, 0.1) is 6.92 Å². The number of rotatable bonds is 1. The second-order valence-electron chi connectivity index (χ2n) is 4.01. The van der Waals surface area contributed by atoms with E-state index < -0.39 is 11.6 Å². The minimum Gasteiger partial charge on any atom is -0.454 e. The minimum absolute atomic E-state index is 0.0302. The largest absolute Gasteiger partial charge is 0.454 e. The van der Waals surface area contributed by atoms with Crippen molar-refractivity contribution in [1.82, 2.24) is 5.16 Å². The van der Waals surface area contributed by atoms with Crippen molar-refractivity contribution >= 4 is 11.7 Å². The highest BCUT2D eigenvalue weighted by Gasteiger charge is 2.24. The maximum atomic E-state index is 11.5. The molecule has 2 N–H and O–H groups in total. The van der Waals surface area contributed by atoms with Gasteiger partial charge in [-0.3, -0.25) is 0 Å². The number of nitrogens with two attached hydrogens (primary N) is 1. The molecular formula is C9H14N2O3. The maximum Gasteiger partial charge on any atom is 0.379 e. The standard InChI is InChI=1S/C9H14N2O3/c1-5-6(10)7(14-11-5)8(12)13-9(2,3)4/h10H2,1-4H3. The van der Waals surface area contributed by atoms with E-state index in [1.807, 2.05) is 0 Å². The first-order chi connectivity index (χ1) is 6.31. The predicted molar refractivity (Wildman–Crippen MR) is 50.8 cm³/mol. The van der Waals surface area contributed by atoms with Gasteiger partial charge in [0.05, 0.1) is 0 Å². The molecular weight excluding hydrogens is 184 g/mol. The number of carbonyl (C=O) groups excluding carboxylic acids is 1. The summed E-state index contributed by atoms with van der Waals surface area (Å²) in [4.78, 5) is 11.5. The Morgan fingerprint density at radius 3 is 2.43 bits per heavy atom. The average molecular weight is 198 g/mol. The molecule has 0 atom stereocenters. The van der Waals surface area contributed by atoms with Crippen LogP contribution in [0.2, 0.25) is 0 Å². The van der Waals surface area contributed by atoms with Crippen LogP contribution in [0.4, 0.5) is 5.69 Å². The first-order valence-electron chi connectivity index (χ1n) is 4.26. The van der Waals surface area contributed by atoms with Crippen molar-refractivity contribution in [2.24, 2.45) is 0 Å². The minimum atomic E-state index is -0.587. The van der Waals surface area contributed by atoms with Crippen LogP contribution in [0.15, 0.2) is 4.52 Å². The smallest absolute Gasteiger partial charge is 0.379 e. The van der Waals surface area contributed by atoms with Crippen molar-refractivity contribution < 1.29 is 14.1 Å². The highest BCUT2D eigenvalue weighted by Crippen LogP contribution is 2.19. The second-order valence-corrected chi connectivity index (χ2v) is 4.01. The lowest BCUT2D eigenvalue weighted by Crippen LogP contribution is -2.24. The Morgan fingerprint density at radius 2 is 2.07 bits per heavy atom. The molecule has 78 valence electrons. The van der Waals surface area contributed by atoms with Crippen molar-refractivity contribution in [2.75, 3.05) is 5.73 Å². The van der Waals surface area contributed by atoms with Crippen molar-refractivity contribution in [3.63, 3.8) is 0 Å². The van der Waals surface area contributed by atoms with Crippen LogP contribution in [-0.4, -0.2) is 16.7 Å². The summed E-state index contributed by atoms with van der Waals surface area (Å²) >= 11 is 0. The van der Waals surface area contributed by atoms with Crippen LogP contribution in [0.5, 0.6) is 0 Å². The zero-order chi connectivity index (χ0) is 10.9. The lowest BCUT2D eigenvalue weighted by molar-refractivity contribution is 0.00293. The summed E-state index contributed by atoms with van der Waals surface area (Å²) in [6, 6.07) is 0. The molecule has 0 saturated heterocycles. The lowest BCUT2D eigenvalue weighted by Gasteiger charge is -2.18. The molecule has 0 unspecified atom stereocenters. The highest BCUT2D eigenvalue weighted by atomic mass is 16.6. The van der Waals surface area contributed by atoms with E-state index in [2.05, 4.69) is 5.16 Å². The molecule has 0 spiro atoms. The van der Waals surface area contributed by atoms with Crippen LogP contribution >= 0.6 is 0 Å². The van der Waals surface area contributed by atoms with Gasteiger partial charge >= 0.3 is 5.97 Å². The number of hydrogen-bond acceptors (Lipinski definition) is 5. The van der Waals surface area contributed by atoms with Crippen LogP contribution in [0.3, 0.4) is 0 Å². The molecule has 5 nitrogen and oxygen atoms in total. The molecule has 0 amide bonds. The third-order valence-electron chi connectivity index (χ3n) is 1.49. The summed E-state index contributed by atoms with van der Waals surface area (Å²) in [5.41, 5.74) is 5.73. The number of aromatic nitrogens is 1. The van der Waals surface area contributed by atoms with Crippen molar-refractivity contribution in [3.05, 3.63) is 11.5 Å². The van der Waals surface area contributed by atoms with E-state index >= 15 is 0 Å². The Kier molecular flexibility index (Phi) is 2.51. The van der Waals surface area contributed by atoms with Gasteiger partial charge in [0.15, 0.2) is 0 Å². The van der Waals surface area contributed by atoms with E-state index in [4.69, 9.17) is 15.0 Å². The fourth-order valence-electron chi connectivity index (χ4n) is 0.848. The number of nitrogen functional groups attached to an aromatic ring is 1. The fourth-order valence-corrected chi connectivity index (χ4v) is 0.848. The van der Waals surface area contributed by atoms with Gasteiger partial charge in [-0.1, -0.05) is 5.16 Å². The normalized spacial score (nSPS) is 11.4. The van der Waals surface area contributed by atoms with Crippen molar-refractivity contribution in [2.45, 2.75) is 33.3 Å². The van der Waals surface area contributed by atoms with E-state index in [1.54, 1.807) is 27.7 Å². The second kappa shape index (κ2) is 3.32. The third kappa shape index (κ3) is 2.25. The topological polar surface area (TPSA) is 78.3 Å². The predicted octanol–water partition coefficient (Wildman–Crippen LogP) is 1.52. The zero-order valence-corrected chi connectivity index (χ0v) is 8.75. The molecule has 1 aromatic rings. The van der Waals surface area contributed by atoms with E-state index in [9.17, 15) is 4.79 Å². The Hall–Kier alpha value is -1.52. The Bertz CT molecular complexity index is 349. The van der Waals surface area contributed by atoms with Gasteiger partial charge in [-0.15, -0.1) is 0 Å². The van der Waals surface area contributed by atoms with Gasteiger partial charge < -0.3 is 15.0 Å². The van der Waals surface area contributed by atoms with Crippen LogP contribution < -0.4 is 5.73 Å². The summed E-state index contributed by atoms with van der Waals surface area (Å²) < 4.78 is 9.82. The first kappa shape index (κ1) is 10.6. The van der Waals surface area contributed by atoms with Crippen LogP contribution in [-0.2, 0) is 4.74 Å². The fraction of sp³-hybridized carbons (Fsp3) is 0.556. The zero-order valence-electron chi connectivity index (χ0n) is 8.75. The summed E-state index contributed by atoms with van der Waals surface area (Å²) in [5, 5.41) is 3.57. The van der Waals surface area contributed by atoms with E-state index in [0.717, 1.165) is 0 Å². The SMILES string of the molecule is Cc1noc(C(=O)OC(C)(C)C)c1N. The van der Waals surface area contributed by atoms with E-state index in [0.29, 0.717) is 5.69 Å². The molecule has 0 aliphatic heterocycles. The van der Waals surface area contributed by atoms with E-state index in [1.165, 1.54) is 0 Å². The number of anilines is 1. The van der Waals surface area contributed by atoms with Crippen LogP contribution in [0.1, 0.15) is 37.0 Å². The monoisotopic (exact) mass is 198 g/mol. The Morgan fingerprint density at radius 1 is 1.50 bits per heavy atom. The molecule has 0 aliphatic carbocycles. The molecule has 5 heteroatoms. The number of hydrogen-bond donors (Lipinski definition) is 1. The molecule has 0 aromatic carbocycles. The van der Waals surface area contributed by atoms with Gasteiger partial charge in [0, 0.05) is 0 Å². The lowest BCUT2D eigenvalue weighted by atomic mass is 10.2. The van der Waals surface area contributed by atoms with Crippen molar-refractivity contribution in [1.29, 1.82) is 0 Å². The molecule has 0 fully saturated rings. The van der Waals surface area contributed by atoms with Gasteiger partial charge in [0.2, 0.25) is 0 Å². The summed E-state index contributed by atoms with van der Waals surface area (Å²) in [6.07, 6.45) is 0. The first-order valence-corrected chi connectivity index (χ1v) is 4.26. The van der Waals surface area contributed by atoms with Gasteiger partial charge in [0.25, 0.3) is 5.76 Å². The molecule has 14 heavy (non-hydrogen) atoms. The van der Waals surface area contributed by atoms with Gasteiger partial charge in [-0.2, -0.15) is 0 Å². The number of aryl methyl sites for hydroxylation is 1. The molecule has 0 bridgehead atoms. The average Bonchev–Trinajstić information content (AvgIpc) is 2.29. The van der Waals surface area contributed by atoms with Gasteiger partial charge in [-0.25, -0.2) is 4.79 Å². The third-order valence-corrected chi connectivity index (χ3v) is 1.49. The Balaban J connectivity index is 2.86. The molecule has 0 aliphatic rings. The van der Waals surface area contributed by atoms with E-state index in [-0.39, 0.29) is 11.4 Å². The summed E-state index contributed by atoms with van der Waals surface area (Å²) in [7, 11) is 0. The number of ether oxygens (including phenoxy) is 1. The maximum absolute atomic E-state index is 11.5.